The number of nitrogens with zero attached hydrogens (tertiary/aromatic N) is 1. The Labute approximate surface area is 162 Å². The third-order valence-electron chi connectivity index (χ3n) is 5.25. The fourth-order valence-electron chi connectivity index (χ4n) is 3.47. The van der Waals surface area contributed by atoms with Crippen LogP contribution in [0.5, 0.6) is 0 Å². The first kappa shape index (κ1) is 20.0. The first-order valence-corrected chi connectivity index (χ1v) is 9.31. The van der Waals surface area contributed by atoms with Crippen molar-refractivity contribution in [2.75, 3.05) is 33.4 Å². The number of benzene rings is 1. The van der Waals surface area contributed by atoms with E-state index >= 15 is 0 Å². The van der Waals surface area contributed by atoms with Gasteiger partial charge in [-0.15, -0.1) is 0 Å². The van der Waals surface area contributed by atoms with Gasteiger partial charge in [0.2, 0.25) is 11.8 Å². The van der Waals surface area contributed by atoms with E-state index in [4.69, 9.17) is 16.3 Å². The van der Waals surface area contributed by atoms with Crippen LogP contribution in [-0.2, 0) is 20.7 Å². The number of methoxy groups -OCH3 is 1. The SMILES string of the molecule is COCCNC(=O)C1(Cc2ccc(Cl)cc2)CN(C(=O)CC2CC2(F)F)C1. The van der Waals surface area contributed by atoms with Crippen LogP contribution < -0.4 is 5.32 Å². The molecule has 1 atom stereocenters. The number of hydrogen-bond donors (Lipinski definition) is 1. The molecule has 5 nitrogen and oxygen atoms in total. The van der Waals surface area contributed by atoms with Crippen molar-refractivity contribution in [3.05, 3.63) is 34.9 Å². The Bertz CT molecular complexity index is 705. The van der Waals surface area contributed by atoms with Crippen molar-refractivity contribution >= 4 is 23.4 Å². The maximum Gasteiger partial charge on any atom is 0.252 e. The van der Waals surface area contributed by atoms with E-state index < -0.39 is 17.3 Å². The Morgan fingerprint density at radius 1 is 1.30 bits per heavy atom. The van der Waals surface area contributed by atoms with Crippen LogP contribution >= 0.6 is 11.6 Å². The minimum atomic E-state index is -2.71. The van der Waals surface area contributed by atoms with E-state index in [1.165, 1.54) is 4.90 Å². The number of carbonyl (C=O) groups excluding carboxylic acids is 2. The molecule has 1 N–H and O–H groups in total. The Kier molecular flexibility index (Phi) is 5.72. The number of rotatable bonds is 8. The van der Waals surface area contributed by atoms with Crippen molar-refractivity contribution < 1.29 is 23.1 Å². The van der Waals surface area contributed by atoms with Gasteiger partial charge in [-0.05, 0) is 24.1 Å². The van der Waals surface area contributed by atoms with Gasteiger partial charge in [0.25, 0.3) is 5.92 Å². The zero-order valence-electron chi connectivity index (χ0n) is 15.1. The average Bonchev–Trinajstić information content (AvgIpc) is 3.18. The standard InChI is InChI=1S/C19H23ClF2N2O3/c1-27-7-6-23-17(26)18(9-13-2-4-15(20)5-3-13)11-24(12-18)16(25)8-14-10-19(14,21)22/h2-5,14H,6-12H2,1H3,(H,23,26). The lowest BCUT2D eigenvalue weighted by molar-refractivity contribution is -0.154. The zero-order valence-corrected chi connectivity index (χ0v) is 15.9. The lowest BCUT2D eigenvalue weighted by Crippen LogP contribution is -2.65. The van der Waals surface area contributed by atoms with Crippen molar-refractivity contribution in [2.24, 2.45) is 11.3 Å². The van der Waals surface area contributed by atoms with E-state index in [9.17, 15) is 18.4 Å². The molecule has 1 aliphatic heterocycles. The molecule has 2 aliphatic rings. The third-order valence-corrected chi connectivity index (χ3v) is 5.50. The van der Waals surface area contributed by atoms with Gasteiger partial charge in [0, 0.05) is 50.5 Å². The van der Waals surface area contributed by atoms with E-state index in [1.54, 1.807) is 19.2 Å². The van der Waals surface area contributed by atoms with Crippen LogP contribution in [0.2, 0.25) is 5.02 Å². The van der Waals surface area contributed by atoms with Crippen molar-refractivity contribution in [1.29, 1.82) is 0 Å². The van der Waals surface area contributed by atoms with Crippen LogP contribution in [0.1, 0.15) is 18.4 Å². The molecule has 0 bridgehead atoms. The van der Waals surface area contributed by atoms with Crippen LogP contribution in [-0.4, -0.2) is 56.0 Å². The Morgan fingerprint density at radius 2 is 1.93 bits per heavy atom. The van der Waals surface area contributed by atoms with Crippen LogP contribution in [0.15, 0.2) is 24.3 Å². The van der Waals surface area contributed by atoms with Gasteiger partial charge in [0.15, 0.2) is 0 Å². The second-order valence-corrected chi connectivity index (χ2v) is 7.88. The summed E-state index contributed by atoms with van der Waals surface area (Å²) >= 11 is 5.91. The molecule has 1 saturated heterocycles. The maximum absolute atomic E-state index is 13.1. The highest BCUT2D eigenvalue weighted by Crippen LogP contribution is 2.51. The Balaban J connectivity index is 1.64. The number of likely N-dealkylation sites (tertiary alicyclic amines) is 1. The molecule has 148 valence electrons. The van der Waals surface area contributed by atoms with E-state index in [2.05, 4.69) is 5.32 Å². The summed E-state index contributed by atoms with van der Waals surface area (Å²) in [4.78, 5) is 26.5. The van der Waals surface area contributed by atoms with Crippen molar-refractivity contribution in [2.45, 2.75) is 25.2 Å². The van der Waals surface area contributed by atoms with Crippen LogP contribution in [0.25, 0.3) is 0 Å². The molecule has 2 amide bonds. The molecule has 1 aliphatic carbocycles. The van der Waals surface area contributed by atoms with Gasteiger partial charge in [-0.2, -0.15) is 0 Å². The van der Waals surface area contributed by atoms with Gasteiger partial charge in [-0.3, -0.25) is 9.59 Å². The van der Waals surface area contributed by atoms with Gasteiger partial charge < -0.3 is 15.0 Å². The first-order valence-electron chi connectivity index (χ1n) is 8.93. The van der Waals surface area contributed by atoms with Crippen molar-refractivity contribution in [1.82, 2.24) is 10.2 Å². The normalized spacial score (nSPS) is 22.1. The quantitative estimate of drug-likeness (QED) is 0.682. The van der Waals surface area contributed by atoms with Gasteiger partial charge in [-0.1, -0.05) is 23.7 Å². The molecule has 1 aromatic rings. The highest BCUT2D eigenvalue weighted by atomic mass is 35.5. The minimum Gasteiger partial charge on any atom is -0.383 e. The smallest absolute Gasteiger partial charge is 0.252 e. The molecule has 1 aromatic carbocycles. The molecule has 8 heteroatoms. The van der Waals surface area contributed by atoms with Gasteiger partial charge in [0.05, 0.1) is 12.0 Å². The number of ether oxygens (including phenoxy) is 1. The zero-order chi connectivity index (χ0) is 19.7. The number of carbonyl (C=O) groups is 2. The molecule has 1 unspecified atom stereocenters. The molecule has 0 radical (unpaired) electrons. The lowest BCUT2D eigenvalue weighted by Gasteiger charge is -2.49. The Morgan fingerprint density at radius 3 is 2.48 bits per heavy atom. The van der Waals surface area contributed by atoms with Crippen molar-refractivity contribution in [3.63, 3.8) is 0 Å². The third kappa shape index (κ3) is 4.58. The summed E-state index contributed by atoms with van der Waals surface area (Å²) in [7, 11) is 1.55. The predicted octanol–water partition coefficient (Wildman–Crippen LogP) is 2.52. The molecular weight excluding hydrogens is 378 g/mol. The minimum absolute atomic E-state index is 0.157. The summed E-state index contributed by atoms with van der Waals surface area (Å²) in [6.07, 6.45) is 0.0711. The first-order chi connectivity index (χ1) is 12.8. The highest BCUT2D eigenvalue weighted by molar-refractivity contribution is 6.30. The molecule has 2 fully saturated rings. The lowest BCUT2D eigenvalue weighted by atomic mass is 9.73. The van der Waals surface area contributed by atoms with E-state index in [-0.39, 0.29) is 37.7 Å². The second-order valence-electron chi connectivity index (χ2n) is 7.45. The summed E-state index contributed by atoms with van der Waals surface area (Å²) in [5, 5.41) is 3.44. The molecule has 0 aromatic heterocycles. The van der Waals surface area contributed by atoms with Gasteiger partial charge >= 0.3 is 0 Å². The van der Waals surface area contributed by atoms with E-state index in [0.29, 0.717) is 24.6 Å². The fourth-order valence-corrected chi connectivity index (χ4v) is 3.60. The van der Waals surface area contributed by atoms with Crippen molar-refractivity contribution in [3.8, 4) is 0 Å². The summed E-state index contributed by atoms with van der Waals surface area (Å²) in [6.45, 7) is 1.22. The maximum atomic E-state index is 13.1. The molecule has 1 saturated carbocycles. The van der Waals surface area contributed by atoms with Gasteiger partial charge in [-0.25, -0.2) is 8.78 Å². The Hall–Kier alpha value is -1.73. The summed E-state index contributed by atoms with van der Waals surface area (Å²) < 4.78 is 31.1. The monoisotopic (exact) mass is 400 g/mol. The summed E-state index contributed by atoms with van der Waals surface area (Å²) in [6, 6.07) is 7.21. The highest BCUT2D eigenvalue weighted by Gasteiger charge is 2.59. The number of nitrogens with one attached hydrogen (secondary N) is 1. The second kappa shape index (κ2) is 7.72. The van der Waals surface area contributed by atoms with E-state index in [0.717, 1.165) is 5.56 Å². The summed E-state index contributed by atoms with van der Waals surface area (Å²) in [5.41, 5.74) is 0.172. The molecule has 27 heavy (non-hydrogen) atoms. The van der Waals surface area contributed by atoms with Crippen LogP contribution in [0, 0.1) is 11.3 Å². The molecular formula is C19H23ClF2N2O3. The average molecular weight is 401 g/mol. The predicted molar refractivity (Wildman–Crippen MR) is 96.7 cm³/mol. The topological polar surface area (TPSA) is 58.6 Å². The number of hydrogen-bond acceptors (Lipinski definition) is 3. The van der Waals surface area contributed by atoms with Gasteiger partial charge in [0.1, 0.15) is 0 Å². The molecule has 0 spiro atoms. The van der Waals surface area contributed by atoms with Crippen LogP contribution in [0.3, 0.4) is 0 Å². The number of halogens is 3. The molecule has 3 rings (SSSR count). The molecule has 1 heterocycles. The fraction of sp³-hybridized carbons (Fsp3) is 0.579. The largest absolute Gasteiger partial charge is 0.383 e. The summed E-state index contributed by atoms with van der Waals surface area (Å²) in [5.74, 6) is -4.03. The number of alkyl halides is 2. The van der Waals surface area contributed by atoms with Crippen LogP contribution in [0.4, 0.5) is 8.78 Å². The number of amides is 2. The van der Waals surface area contributed by atoms with E-state index in [1.807, 2.05) is 12.1 Å².